The largest absolute Gasteiger partial charge is 0.276 e. The number of thiazole rings is 1. The summed E-state index contributed by atoms with van der Waals surface area (Å²) in [6.45, 7) is 0. The van der Waals surface area contributed by atoms with Gasteiger partial charge >= 0.3 is 0 Å². The summed E-state index contributed by atoms with van der Waals surface area (Å²) in [6.07, 6.45) is 0. The lowest BCUT2D eigenvalue weighted by Gasteiger charge is -2.05. The van der Waals surface area contributed by atoms with Crippen LogP contribution >= 0.6 is 11.3 Å². The zero-order chi connectivity index (χ0) is 16.4. The number of fused-ring (bicyclic) bond motifs is 2. The molecule has 24 heavy (non-hydrogen) atoms. The molecule has 4 nitrogen and oxygen atoms in total. The van der Waals surface area contributed by atoms with E-state index in [1.54, 1.807) is 0 Å². The smallest absolute Gasteiger partial charge is 0.196 e. The quantitative estimate of drug-likeness (QED) is 0.434. The van der Waals surface area contributed by atoms with Gasteiger partial charge in [-0.3, -0.25) is 5.43 Å². The average molecular weight is 328 g/mol. The molecule has 0 amide bonds. The minimum absolute atomic E-state index is 0.282. The third-order valence-electron chi connectivity index (χ3n) is 3.68. The van der Waals surface area contributed by atoms with Gasteiger partial charge in [0.25, 0.3) is 0 Å². The van der Waals surface area contributed by atoms with Gasteiger partial charge in [0.15, 0.2) is 10.7 Å². The summed E-state index contributed by atoms with van der Waals surface area (Å²) in [5.41, 5.74) is 5.04. The van der Waals surface area contributed by atoms with Gasteiger partial charge in [0.1, 0.15) is 6.07 Å². The molecule has 0 atom stereocenters. The third kappa shape index (κ3) is 2.60. The molecule has 1 aromatic heterocycles. The third-order valence-corrected chi connectivity index (χ3v) is 4.72. The van der Waals surface area contributed by atoms with Crippen LogP contribution in [0.5, 0.6) is 0 Å². The van der Waals surface area contributed by atoms with Gasteiger partial charge in [0.05, 0.1) is 15.9 Å². The second-order valence-electron chi connectivity index (χ2n) is 5.20. The number of benzene rings is 3. The summed E-state index contributed by atoms with van der Waals surface area (Å²) in [7, 11) is 0. The van der Waals surface area contributed by atoms with Gasteiger partial charge in [-0.2, -0.15) is 10.4 Å². The Bertz CT molecular complexity index is 1070. The fourth-order valence-corrected chi connectivity index (χ4v) is 3.44. The molecule has 0 spiro atoms. The molecule has 0 fully saturated rings. The molecule has 0 saturated carbocycles. The van der Waals surface area contributed by atoms with Crippen LogP contribution in [-0.2, 0) is 0 Å². The summed E-state index contributed by atoms with van der Waals surface area (Å²) in [6, 6.07) is 23.9. The van der Waals surface area contributed by atoms with E-state index in [0.29, 0.717) is 5.01 Å². The second kappa shape index (κ2) is 6.11. The number of nitriles is 1. The Hall–Kier alpha value is -3.23. The van der Waals surface area contributed by atoms with Gasteiger partial charge in [-0.25, -0.2) is 4.98 Å². The van der Waals surface area contributed by atoms with Crippen molar-refractivity contribution in [2.24, 2.45) is 5.10 Å². The Balaban J connectivity index is 1.71. The molecule has 0 aliphatic carbocycles. The molecule has 0 saturated heterocycles. The van der Waals surface area contributed by atoms with E-state index in [4.69, 9.17) is 0 Å². The van der Waals surface area contributed by atoms with Crippen LogP contribution in [0.1, 0.15) is 5.01 Å². The summed E-state index contributed by atoms with van der Waals surface area (Å²) in [5.74, 6) is 0. The van der Waals surface area contributed by atoms with Crippen LogP contribution in [0, 0.1) is 11.3 Å². The maximum atomic E-state index is 9.44. The normalized spacial score (nSPS) is 11.5. The van der Waals surface area contributed by atoms with Crippen LogP contribution in [0.2, 0.25) is 0 Å². The minimum atomic E-state index is 0.282. The highest BCUT2D eigenvalue weighted by atomic mass is 32.1. The number of para-hydroxylation sites is 1. The highest BCUT2D eigenvalue weighted by Crippen LogP contribution is 2.24. The minimum Gasteiger partial charge on any atom is -0.276 e. The van der Waals surface area contributed by atoms with Crippen LogP contribution in [0.4, 0.5) is 5.69 Å². The monoisotopic (exact) mass is 328 g/mol. The van der Waals surface area contributed by atoms with E-state index in [-0.39, 0.29) is 5.71 Å². The lowest BCUT2D eigenvalue weighted by molar-refractivity contribution is 1.33. The predicted molar refractivity (Wildman–Crippen MR) is 99.3 cm³/mol. The summed E-state index contributed by atoms with van der Waals surface area (Å²) < 4.78 is 1.04. The Morgan fingerprint density at radius 1 is 1.00 bits per heavy atom. The van der Waals surface area contributed by atoms with Gasteiger partial charge in [0, 0.05) is 5.39 Å². The zero-order valence-electron chi connectivity index (χ0n) is 12.6. The second-order valence-corrected chi connectivity index (χ2v) is 6.23. The molecule has 1 heterocycles. The van der Waals surface area contributed by atoms with Crippen LogP contribution in [-0.4, -0.2) is 10.7 Å². The molecule has 3 aromatic carbocycles. The van der Waals surface area contributed by atoms with Crippen molar-refractivity contribution in [3.63, 3.8) is 0 Å². The van der Waals surface area contributed by atoms with Gasteiger partial charge in [-0.15, -0.1) is 11.3 Å². The summed E-state index contributed by atoms with van der Waals surface area (Å²) in [5, 5.41) is 16.5. The van der Waals surface area contributed by atoms with Gasteiger partial charge in [0.2, 0.25) is 0 Å². The van der Waals surface area contributed by atoms with Crippen molar-refractivity contribution in [3.05, 3.63) is 71.7 Å². The molecule has 5 heteroatoms. The highest BCUT2D eigenvalue weighted by Gasteiger charge is 2.10. The van der Waals surface area contributed by atoms with Crippen LogP contribution in [0.15, 0.2) is 71.8 Å². The Morgan fingerprint density at radius 3 is 2.67 bits per heavy atom. The first-order valence-electron chi connectivity index (χ1n) is 7.42. The lowest BCUT2D eigenvalue weighted by Crippen LogP contribution is -2.01. The molecule has 4 aromatic rings. The first-order chi connectivity index (χ1) is 11.8. The first kappa shape index (κ1) is 14.4. The van der Waals surface area contributed by atoms with Gasteiger partial charge in [-0.1, -0.05) is 48.5 Å². The Morgan fingerprint density at radius 2 is 1.79 bits per heavy atom. The number of hydrogen-bond acceptors (Lipinski definition) is 5. The lowest BCUT2D eigenvalue weighted by atomic mass is 10.1. The average Bonchev–Trinajstić information content (AvgIpc) is 3.06. The van der Waals surface area contributed by atoms with E-state index in [9.17, 15) is 5.26 Å². The van der Waals surface area contributed by atoms with E-state index < -0.39 is 0 Å². The Kier molecular flexibility index (Phi) is 3.66. The molecule has 114 valence electrons. The summed E-state index contributed by atoms with van der Waals surface area (Å²) in [4.78, 5) is 4.48. The molecule has 4 rings (SSSR count). The van der Waals surface area contributed by atoms with E-state index in [1.165, 1.54) is 11.3 Å². The molecule has 0 radical (unpaired) electrons. The van der Waals surface area contributed by atoms with Crippen molar-refractivity contribution in [1.29, 1.82) is 5.26 Å². The van der Waals surface area contributed by atoms with Crippen molar-refractivity contribution in [3.8, 4) is 6.07 Å². The number of aromatic nitrogens is 1. The topological polar surface area (TPSA) is 61.1 Å². The number of hydrazone groups is 1. The zero-order valence-corrected chi connectivity index (χ0v) is 13.4. The van der Waals surface area contributed by atoms with Crippen molar-refractivity contribution < 1.29 is 0 Å². The number of nitrogens with zero attached hydrogens (tertiary/aromatic N) is 3. The first-order valence-corrected chi connectivity index (χ1v) is 8.24. The van der Waals surface area contributed by atoms with Crippen molar-refractivity contribution in [2.75, 3.05) is 5.43 Å². The predicted octanol–water partition coefficient (Wildman–Crippen LogP) is 4.79. The molecule has 0 unspecified atom stereocenters. The molecule has 0 aliphatic heterocycles. The maximum absolute atomic E-state index is 9.44. The highest BCUT2D eigenvalue weighted by molar-refractivity contribution is 7.20. The van der Waals surface area contributed by atoms with Crippen LogP contribution < -0.4 is 5.43 Å². The number of nitrogens with one attached hydrogen (secondary N) is 1. The van der Waals surface area contributed by atoms with E-state index >= 15 is 0 Å². The van der Waals surface area contributed by atoms with Crippen molar-refractivity contribution >= 4 is 43.7 Å². The van der Waals surface area contributed by atoms with E-state index in [0.717, 1.165) is 26.7 Å². The Labute approximate surface area is 142 Å². The van der Waals surface area contributed by atoms with Crippen molar-refractivity contribution in [1.82, 2.24) is 4.98 Å². The maximum Gasteiger partial charge on any atom is 0.196 e. The van der Waals surface area contributed by atoms with E-state index in [1.807, 2.05) is 66.7 Å². The number of anilines is 1. The van der Waals surface area contributed by atoms with Crippen LogP contribution in [0.3, 0.4) is 0 Å². The van der Waals surface area contributed by atoms with Crippen LogP contribution in [0.25, 0.3) is 21.0 Å². The van der Waals surface area contributed by atoms with E-state index in [2.05, 4.69) is 21.6 Å². The fourth-order valence-electron chi connectivity index (χ4n) is 2.53. The fraction of sp³-hybridized carbons (Fsp3) is 0. The number of hydrogen-bond donors (Lipinski definition) is 1. The van der Waals surface area contributed by atoms with Crippen molar-refractivity contribution in [2.45, 2.75) is 0 Å². The SMILES string of the molecule is N#C/C(=N\Nc1cccc2ccccc12)c1nc2ccccc2s1. The van der Waals surface area contributed by atoms with Gasteiger partial charge < -0.3 is 0 Å². The molecule has 0 bridgehead atoms. The molecule has 0 aliphatic rings. The standard InChI is InChI=1S/C19H12N4S/c20-12-17(19-21-16-9-3-4-11-18(16)24-19)23-22-15-10-5-7-13-6-1-2-8-14(13)15/h1-11,22H/b23-17+. The number of rotatable bonds is 3. The summed E-state index contributed by atoms with van der Waals surface area (Å²) >= 11 is 1.46. The van der Waals surface area contributed by atoms with Gasteiger partial charge in [-0.05, 0) is 23.6 Å². The molecular formula is C19H12N4S. The molecular weight excluding hydrogens is 316 g/mol. The molecule has 1 N–H and O–H groups in total.